The van der Waals surface area contributed by atoms with Crippen molar-refractivity contribution in [2.45, 2.75) is 38.3 Å². The number of nitrogens with zero attached hydrogens (tertiary/aromatic N) is 1. The first-order valence-electron chi connectivity index (χ1n) is 8.88. The molecule has 25 heavy (non-hydrogen) atoms. The Kier molecular flexibility index (Phi) is 5.82. The summed E-state index contributed by atoms with van der Waals surface area (Å²) in [5, 5.41) is 0. The van der Waals surface area contributed by atoms with Gasteiger partial charge in [0.25, 0.3) is 0 Å². The first-order valence-corrected chi connectivity index (χ1v) is 8.88. The summed E-state index contributed by atoms with van der Waals surface area (Å²) < 4.78 is 19.8. The fraction of sp³-hybridized carbons (Fsp3) is 0.381. The van der Waals surface area contributed by atoms with Gasteiger partial charge in [-0.3, -0.25) is 9.69 Å². The van der Waals surface area contributed by atoms with E-state index < -0.39 is 0 Å². The monoisotopic (exact) mass is 341 g/mol. The van der Waals surface area contributed by atoms with Crippen LogP contribution in [0.3, 0.4) is 0 Å². The molecular formula is C21H24FNO2. The van der Waals surface area contributed by atoms with Crippen molar-refractivity contribution in [1.29, 1.82) is 0 Å². The van der Waals surface area contributed by atoms with Crippen LogP contribution in [0.1, 0.15) is 49.5 Å². The Balaban J connectivity index is 1.65. The Bertz CT molecular complexity index is 704. The van der Waals surface area contributed by atoms with E-state index >= 15 is 0 Å². The van der Waals surface area contributed by atoms with Gasteiger partial charge in [-0.25, -0.2) is 4.39 Å². The van der Waals surface area contributed by atoms with Gasteiger partial charge in [0, 0.05) is 11.6 Å². The average Bonchev–Trinajstić information content (AvgIpc) is 2.63. The highest BCUT2D eigenvalue weighted by atomic mass is 19.1. The zero-order valence-corrected chi connectivity index (χ0v) is 14.5. The van der Waals surface area contributed by atoms with Gasteiger partial charge in [0.2, 0.25) is 0 Å². The normalized spacial score (nSPS) is 19.4. The van der Waals surface area contributed by atoms with Gasteiger partial charge in [-0.05, 0) is 37.9 Å². The van der Waals surface area contributed by atoms with Gasteiger partial charge >= 0.3 is 5.97 Å². The Morgan fingerprint density at radius 2 is 1.88 bits per heavy atom. The van der Waals surface area contributed by atoms with Crippen molar-refractivity contribution in [2.24, 2.45) is 0 Å². The smallest absolute Gasteiger partial charge is 0.320 e. The van der Waals surface area contributed by atoms with E-state index in [1.807, 2.05) is 54.3 Å². The third-order valence-corrected chi connectivity index (χ3v) is 4.79. The summed E-state index contributed by atoms with van der Waals surface area (Å²) in [6.45, 7) is 2.85. The lowest BCUT2D eigenvalue weighted by molar-refractivity contribution is -0.151. The molecule has 0 saturated carbocycles. The number of esters is 1. The van der Waals surface area contributed by atoms with Gasteiger partial charge < -0.3 is 4.74 Å². The highest BCUT2D eigenvalue weighted by molar-refractivity contribution is 5.72. The van der Waals surface area contributed by atoms with Crippen molar-refractivity contribution < 1.29 is 13.9 Å². The molecule has 0 spiro atoms. The van der Waals surface area contributed by atoms with Crippen LogP contribution in [0.25, 0.3) is 0 Å². The van der Waals surface area contributed by atoms with Crippen LogP contribution in [0.4, 0.5) is 4.39 Å². The van der Waals surface area contributed by atoms with Gasteiger partial charge in [-0.15, -0.1) is 0 Å². The first kappa shape index (κ1) is 17.6. The van der Waals surface area contributed by atoms with Crippen LogP contribution in [0.15, 0.2) is 54.6 Å². The largest absolute Gasteiger partial charge is 0.457 e. The SMILES string of the molecule is C[C@H](OC(=O)CN1CCCCC1c1ccccc1F)c1ccccc1. The van der Waals surface area contributed by atoms with E-state index in [4.69, 9.17) is 4.74 Å². The number of ether oxygens (including phenoxy) is 1. The molecule has 1 aliphatic heterocycles. The van der Waals surface area contributed by atoms with Crippen molar-refractivity contribution in [2.75, 3.05) is 13.1 Å². The summed E-state index contributed by atoms with van der Waals surface area (Å²) in [5.74, 6) is -0.468. The standard InChI is InChI=1S/C21H24FNO2/c1-16(17-9-3-2-4-10-17)25-21(24)15-23-14-8-7-13-20(23)18-11-5-6-12-19(18)22/h2-6,9-12,16,20H,7-8,13-15H2,1H3/t16-,20?/m0/s1. The molecule has 0 amide bonds. The number of hydrogen-bond donors (Lipinski definition) is 0. The van der Waals surface area contributed by atoms with E-state index in [-0.39, 0.29) is 30.5 Å². The minimum Gasteiger partial charge on any atom is -0.457 e. The lowest BCUT2D eigenvalue weighted by Gasteiger charge is -2.35. The maximum atomic E-state index is 14.2. The Hall–Kier alpha value is -2.20. The zero-order chi connectivity index (χ0) is 17.6. The molecule has 1 heterocycles. The van der Waals surface area contributed by atoms with E-state index in [0.29, 0.717) is 5.56 Å². The van der Waals surface area contributed by atoms with Crippen LogP contribution in [-0.4, -0.2) is 24.0 Å². The van der Waals surface area contributed by atoms with E-state index in [2.05, 4.69) is 0 Å². The third-order valence-electron chi connectivity index (χ3n) is 4.79. The molecule has 1 saturated heterocycles. The quantitative estimate of drug-likeness (QED) is 0.741. The van der Waals surface area contributed by atoms with Crippen LogP contribution in [0, 0.1) is 5.82 Å². The van der Waals surface area contributed by atoms with Gasteiger partial charge in [0.15, 0.2) is 0 Å². The summed E-state index contributed by atoms with van der Waals surface area (Å²) >= 11 is 0. The van der Waals surface area contributed by atoms with Gasteiger partial charge in [0.1, 0.15) is 11.9 Å². The fourth-order valence-electron chi connectivity index (χ4n) is 3.47. The number of carbonyl (C=O) groups excluding carboxylic acids is 1. The molecule has 1 fully saturated rings. The van der Waals surface area contributed by atoms with Crippen molar-refractivity contribution in [3.8, 4) is 0 Å². The zero-order valence-electron chi connectivity index (χ0n) is 14.5. The Morgan fingerprint density at radius 1 is 1.16 bits per heavy atom. The number of rotatable bonds is 5. The molecular weight excluding hydrogens is 317 g/mol. The molecule has 0 N–H and O–H groups in total. The molecule has 1 unspecified atom stereocenters. The molecule has 2 aromatic carbocycles. The number of likely N-dealkylation sites (tertiary alicyclic amines) is 1. The van der Waals surface area contributed by atoms with Crippen molar-refractivity contribution in [1.82, 2.24) is 4.90 Å². The average molecular weight is 341 g/mol. The molecule has 2 aromatic rings. The Labute approximate surface area is 148 Å². The van der Waals surface area contributed by atoms with Crippen molar-refractivity contribution >= 4 is 5.97 Å². The van der Waals surface area contributed by atoms with Crippen LogP contribution < -0.4 is 0 Å². The van der Waals surface area contributed by atoms with Crippen LogP contribution in [-0.2, 0) is 9.53 Å². The molecule has 132 valence electrons. The third kappa shape index (κ3) is 4.45. The molecule has 3 nitrogen and oxygen atoms in total. The van der Waals surface area contributed by atoms with Crippen LogP contribution >= 0.6 is 0 Å². The van der Waals surface area contributed by atoms with Crippen molar-refractivity contribution in [3.05, 3.63) is 71.5 Å². The molecule has 0 radical (unpaired) electrons. The molecule has 2 atom stereocenters. The minimum atomic E-state index is -0.287. The molecule has 1 aliphatic rings. The van der Waals surface area contributed by atoms with Gasteiger partial charge in [-0.2, -0.15) is 0 Å². The topological polar surface area (TPSA) is 29.5 Å². The van der Waals surface area contributed by atoms with E-state index in [1.54, 1.807) is 6.07 Å². The summed E-state index contributed by atoms with van der Waals surface area (Å²) in [4.78, 5) is 14.4. The maximum Gasteiger partial charge on any atom is 0.320 e. The van der Waals surface area contributed by atoms with Crippen LogP contribution in [0.2, 0.25) is 0 Å². The molecule has 0 aliphatic carbocycles. The number of carbonyl (C=O) groups is 1. The number of hydrogen-bond acceptors (Lipinski definition) is 3. The summed E-state index contributed by atoms with van der Waals surface area (Å²) in [6.07, 6.45) is 2.64. The number of benzene rings is 2. The number of halogens is 1. The minimum absolute atomic E-state index is 0.0606. The predicted molar refractivity (Wildman–Crippen MR) is 95.5 cm³/mol. The lowest BCUT2D eigenvalue weighted by Crippen LogP contribution is -2.38. The molecule has 3 rings (SSSR count). The molecule has 4 heteroatoms. The van der Waals surface area contributed by atoms with E-state index in [1.165, 1.54) is 6.07 Å². The highest BCUT2D eigenvalue weighted by Crippen LogP contribution is 2.32. The van der Waals surface area contributed by atoms with Crippen LogP contribution in [0.5, 0.6) is 0 Å². The van der Waals surface area contributed by atoms with E-state index in [9.17, 15) is 9.18 Å². The lowest BCUT2D eigenvalue weighted by atomic mass is 9.95. The van der Waals surface area contributed by atoms with Gasteiger partial charge in [0.05, 0.1) is 6.54 Å². The summed E-state index contributed by atoms with van der Waals surface area (Å²) in [6, 6.07) is 16.5. The Morgan fingerprint density at radius 3 is 2.64 bits per heavy atom. The highest BCUT2D eigenvalue weighted by Gasteiger charge is 2.28. The number of piperidine rings is 1. The van der Waals surface area contributed by atoms with E-state index in [0.717, 1.165) is 31.4 Å². The second-order valence-corrected chi connectivity index (χ2v) is 6.55. The fourth-order valence-corrected chi connectivity index (χ4v) is 3.47. The van der Waals surface area contributed by atoms with Crippen molar-refractivity contribution in [3.63, 3.8) is 0 Å². The maximum absolute atomic E-state index is 14.2. The summed E-state index contributed by atoms with van der Waals surface area (Å²) in [7, 11) is 0. The second kappa shape index (κ2) is 8.26. The summed E-state index contributed by atoms with van der Waals surface area (Å²) in [5.41, 5.74) is 1.64. The first-order chi connectivity index (χ1) is 12.1. The van der Waals surface area contributed by atoms with Gasteiger partial charge in [-0.1, -0.05) is 55.0 Å². The molecule has 0 aromatic heterocycles. The second-order valence-electron chi connectivity index (χ2n) is 6.55. The predicted octanol–water partition coefficient (Wildman–Crippen LogP) is 4.66. The molecule has 0 bridgehead atoms.